The van der Waals surface area contributed by atoms with Crippen LogP contribution in [0.1, 0.15) is 16.7 Å². The molecule has 1 heterocycles. The van der Waals surface area contributed by atoms with Crippen LogP contribution >= 0.6 is 11.8 Å². The number of carbonyl (C=O) groups is 1. The van der Waals surface area contributed by atoms with Gasteiger partial charge < -0.3 is 4.74 Å². The Morgan fingerprint density at radius 3 is 2.69 bits per heavy atom. The highest BCUT2D eigenvalue weighted by Crippen LogP contribution is 2.36. The number of rotatable bonds is 4. The van der Waals surface area contributed by atoms with Crippen molar-refractivity contribution < 1.29 is 9.53 Å². The Hall–Kier alpha value is -3.05. The maximum Gasteiger partial charge on any atom is 0.266 e. The molecule has 0 atom stereocenters. The molecule has 0 spiro atoms. The summed E-state index contributed by atoms with van der Waals surface area (Å²) in [5, 5.41) is 2.86. The SMILES string of the molecule is CN=C1S/C(=C\c2c(OCc3cccc(C)c3)ccc3ccccc23)C(=O)N1C. The van der Waals surface area contributed by atoms with Crippen LogP contribution in [0.3, 0.4) is 0 Å². The van der Waals surface area contributed by atoms with Crippen molar-refractivity contribution in [3.63, 3.8) is 0 Å². The van der Waals surface area contributed by atoms with Crippen molar-refractivity contribution in [2.24, 2.45) is 4.99 Å². The second kappa shape index (κ2) is 8.13. The first-order valence-corrected chi connectivity index (χ1v) is 10.2. The van der Waals surface area contributed by atoms with Crippen molar-refractivity contribution in [1.82, 2.24) is 4.90 Å². The normalized spacial score (nSPS) is 16.9. The van der Waals surface area contributed by atoms with Gasteiger partial charge in [0.1, 0.15) is 12.4 Å². The zero-order chi connectivity index (χ0) is 20.4. The van der Waals surface area contributed by atoms with Gasteiger partial charge in [0.05, 0.1) is 4.91 Å². The van der Waals surface area contributed by atoms with E-state index in [1.54, 1.807) is 19.0 Å². The molecule has 3 aromatic carbocycles. The molecule has 1 fully saturated rings. The second-order valence-electron chi connectivity index (χ2n) is 6.96. The van der Waals surface area contributed by atoms with Gasteiger partial charge in [0, 0.05) is 19.7 Å². The summed E-state index contributed by atoms with van der Waals surface area (Å²) in [5.74, 6) is 0.712. The van der Waals surface area contributed by atoms with Gasteiger partial charge in [-0.3, -0.25) is 14.7 Å². The highest BCUT2D eigenvalue weighted by atomic mass is 32.2. The fourth-order valence-electron chi connectivity index (χ4n) is 3.39. The van der Waals surface area contributed by atoms with Crippen molar-refractivity contribution in [3.8, 4) is 5.75 Å². The largest absolute Gasteiger partial charge is 0.488 e. The lowest BCUT2D eigenvalue weighted by molar-refractivity contribution is -0.121. The molecule has 1 saturated heterocycles. The average Bonchev–Trinajstić information content (AvgIpc) is 3.01. The highest BCUT2D eigenvalue weighted by Gasteiger charge is 2.30. The number of likely N-dealkylation sites (N-methyl/N-ethyl adjacent to an activating group) is 1. The number of benzene rings is 3. The lowest BCUT2D eigenvalue weighted by Gasteiger charge is -2.13. The van der Waals surface area contributed by atoms with E-state index in [-0.39, 0.29) is 5.91 Å². The Bertz CT molecular complexity index is 1150. The van der Waals surface area contributed by atoms with Crippen LogP contribution in [0.25, 0.3) is 16.8 Å². The van der Waals surface area contributed by atoms with Gasteiger partial charge in [0.25, 0.3) is 5.91 Å². The van der Waals surface area contributed by atoms with Crippen LogP contribution in [0.15, 0.2) is 70.6 Å². The molecule has 1 aliphatic heterocycles. The van der Waals surface area contributed by atoms with E-state index in [0.29, 0.717) is 16.7 Å². The number of thioether (sulfide) groups is 1. The van der Waals surface area contributed by atoms with E-state index >= 15 is 0 Å². The average molecular weight is 403 g/mol. The minimum absolute atomic E-state index is 0.0480. The Labute approximate surface area is 174 Å². The summed E-state index contributed by atoms with van der Waals surface area (Å²) in [4.78, 5) is 19.1. The molecule has 4 rings (SSSR count). The molecule has 29 heavy (non-hydrogen) atoms. The number of aliphatic imine (C=N–C) groups is 1. The molecule has 0 radical (unpaired) electrons. The summed E-state index contributed by atoms with van der Waals surface area (Å²) in [6, 6.07) is 20.5. The van der Waals surface area contributed by atoms with Crippen LogP contribution < -0.4 is 4.74 Å². The topological polar surface area (TPSA) is 41.9 Å². The molecular weight excluding hydrogens is 380 g/mol. The standard InChI is InChI=1S/C24H22N2O2S/c1-16-7-6-8-17(13-16)15-28-21-12-11-18-9-4-5-10-19(18)20(21)14-22-23(27)26(3)24(25-2)29-22/h4-14H,15H2,1-3H3/b22-14-,25-24?. The van der Waals surface area contributed by atoms with Crippen molar-refractivity contribution in [2.75, 3.05) is 14.1 Å². The molecule has 0 saturated carbocycles. The van der Waals surface area contributed by atoms with Crippen molar-refractivity contribution in [3.05, 3.63) is 82.3 Å². The summed E-state index contributed by atoms with van der Waals surface area (Å²) in [6.45, 7) is 2.54. The fraction of sp³-hybridized carbons (Fsp3) is 0.167. The van der Waals surface area contributed by atoms with Crippen LogP contribution in [-0.4, -0.2) is 30.1 Å². The fourth-order valence-corrected chi connectivity index (χ4v) is 4.30. The van der Waals surface area contributed by atoms with Gasteiger partial charge in [-0.25, -0.2) is 0 Å². The van der Waals surface area contributed by atoms with Crippen LogP contribution in [0, 0.1) is 6.92 Å². The van der Waals surface area contributed by atoms with Crippen LogP contribution in [-0.2, 0) is 11.4 Å². The Balaban J connectivity index is 1.75. The number of hydrogen-bond donors (Lipinski definition) is 0. The molecule has 5 heteroatoms. The van der Waals surface area contributed by atoms with E-state index in [9.17, 15) is 4.79 Å². The van der Waals surface area contributed by atoms with E-state index in [4.69, 9.17) is 4.74 Å². The highest BCUT2D eigenvalue weighted by molar-refractivity contribution is 8.18. The number of ether oxygens (including phenoxy) is 1. The monoisotopic (exact) mass is 402 g/mol. The van der Waals surface area contributed by atoms with Gasteiger partial charge >= 0.3 is 0 Å². The van der Waals surface area contributed by atoms with Gasteiger partial charge in [-0.1, -0.05) is 60.2 Å². The number of fused-ring (bicyclic) bond motifs is 1. The van der Waals surface area contributed by atoms with Crippen molar-refractivity contribution >= 4 is 39.7 Å². The zero-order valence-electron chi connectivity index (χ0n) is 16.7. The number of carbonyl (C=O) groups excluding carboxylic acids is 1. The number of aryl methyl sites for hydroxylation is 1. The Kier molecular flexibility index (Phi) is 5.41. The first kappa shape index (κ1) is 19.3. The second-order valence-corrected chi connectivity index (χ2v) is 7.97. The first-order chi connectivity index (χ1) is 14.1. The maximum atomic E-state index is 12.7. The van der Waals surface area contributed by atoms with Gasteiger partial charge in [0.2, 0.25) is 0 Å². The molecule has 0 unspecified atom stereocenters. The first-order valence-electron chi connectivity index (χ1n) is 9.41. The third-order valence-corrected chi connectivity index (χ3v) is 6.03. The van der Waals surface area contributed by atoms with Gasteiger partial charge in [-0.05, 0) is 47.2 Å². The van der Waals surface area contributed by atoms with E-state index in [2.05, 4.69) is 48.3 Å². The summed E-state index contributed by atoms with van der Waals surface area (Å²) >= 11 is 1.39. The molecule has 0 aliphatic carbocycles. The van der Waals surface area contributed by atoms with Gasteiger partial charge in [-0.2, -0.15) is 0 Å². The minimum Gasteiger partial charge on any atom is -0.488 e. The number of amidine groups is 1. The smallest absolute Gasteiger partial charge is 0.266 e. The molecule has 3 aromatic rings. The van der Waals surface area contributed by atoms with Crippen molar-refractivity contribution in [1.29, 1.82) is 0 Å². The molecule has 1 aliphatic rings. The number of hydrogen-bond acceptors (Lipinski definition) is 4. The third-order valence-electron chi connectivity index (χ3n) is 4.88. The third kappa shape index (κ3) is 3.91. The summed E-state index contributed by atoms with van der Waals surface area (Å²) in [7, 11) is 3.44. The zero-order valence-corrected chi connectivity index (χ0v) is 17.5. The predicted molar refractivity (Wildman–Crippen MR) is 121 cm³/mol. The van der Waals surface area contributed by atoms with Gasteiger partial charge in [-0.15, -0.1) is 0 Å². The predicted octanol–water partition coefficient (Wildman–Crippen LogP) is 5.26. The molecule has 146 valence electrons. The minimum atomic E-state index is -0.0480. The Morgan fingerprint density at radius 1 is 1.10 bits per heavy atom. The molecule has 0 N–H and O–H groups in total. The number of amides is 1. The molecule has 0 bridgehead atoms. The molecular formula is C24H22N2O2S. The Morgan fingerprint density at radius 2 is 1.93 bits per heavy atom. The number of nitrogens with zero attached hydrogens (tertiary/aromatic N) is 2. The van der Waals surface area contributed by atoms with E-state index in [0.717, 1.165) is 27.6 Å². The van der Waals surface area contributed by atoms with Crippen LogP contribution in [0.4, 0.5) is 0 Å². The van der Waals surface area contributed by atoms with Crippen molar-refractivity contribution in [2.45, 2.75) is 13.5 Å². The summed E-state index contributed by atoms with van der Waals surface area (Å²) < 4.78 is 6.20. The molecule has 4 nitrogen and oxygen atoms in total. The van der Waals surface area contributed by atoms with Crippen LogP contribution in [0.2, 0.25) is 0 Å². The quantitative estimate of drug-likeness (QED) is 0.559. The van der Waals surface area contributed by atoms with Gasteiger partial charge in [0.15, 0.2) is 5.17 Å². The van der Waals surface area contributed by atoms with E-state index < -0.39 is 0 Å². The lowest BCUT2D eigenvalue weighted by atomic mass is 10.0. The maximum absolute atomic E-state index is 12.7. The summed E-state index contributed by atoms with van der Waals surface area (Å²) in [5.41, 5.74) is 3.23. The molecule has 1 amide bonds. The lowest BCUT2D eigenvalue weighted by Crippen LogP contribution is -2.23. The summed E-state index contributed by atoms with van der Waals surface area (Å²) in [6.07, 6.45) is 1.93. The molecule has 0 aromatic heterocycles. The van der Waals surface area contributed by atoms with E-state index in [1.165, 1.54) is 17.3 Å². The van der Waals surface area contributed by atoms with E-state index in [1.807, 2.05) is 30.3 Å². The van der Waals surface area contributed by atoms with Crippen LogP contribution in [0.5, 0.6) is 5.75 Å².